The Morgan fingerprint density at radius 3 is 2.44 bits per heavy atom. The molecule has 2 aliphatic rings. The lowest BCUT2D eigenvalue weighted by molar-refractivity contribution is -0.143. The molecule has 0 aliphatic heterocycles. The van der Waals surface area contributed by atoms with Crippen molar-refractivity contribution in [2.45, 2.75) is 64.6 Å². The first-order valence-electron chi connectivity index (χ1n) is 6.74. The number of esters is 1. The molecular formula is C15H22O3. The molecule has 1 saturated carbocycles. The van der Waals surface area contributed by atoms with Crippen molar-refractivity contribution in [1.82, 2.24) is 0 Å². The summed E-state index contributed by atoms with van der Waals surface area (Å²) in [5.41, 5.74) is 2.53. The van der Waals surface area contributed by atoms with Crippen LogP contribution in [0, 0.1) is 0 Å². The van der Waals surface area contributed by atoms with Crippen LogP contribution in [0.5, 0.6) is 0 Å². The fraction of sp³-hybridized carbons (Fsp3) is 0.667. The SMILES string of the molecule is CC(=O)OC1C=C(C(C)(C)O)C1=C1CCCCC1. The maximum Gasteiger partial charge on any atom is 0.303 e. The molecule has 0 radical (unpaired) electrons. The molecule has 1 N–H and O–H groups in total. The molecule has 0 saturated heterocycles. The second-order valence-corrected chi connectivity index (χ2v) is 5.75. The van der Waals surface area contributed by atoms with E-state index in [9.17, 15) is 9.90 Å². The fourth-order valence-electron chi connectivity index (χ4n) is 2.83. The van der Waals surface area contributed by atoms with Gasteiger partial charge in [0.25, 0.3) is 0 Å². The van der Waals surface area contributed by atoms with E-state index in [1.807, 2.05) is 6.08 Å². The van der Waals surface area contributed by atoms with Crippen molar-refractivity contribution in [3.05, 3.63) is 22.8 Å². The van der Waals surface area contributed by atoms with Crippen LogP contribution in [0.25, 0.3) is 0 Å². The van der Waals surface area contributed by atoms with Gasteiger partial charge in [-0.2, -0.15) is 0 Å². The summed E-state index contributed by atoms with van der Waals surface area (Å²) in [7, 11) is 0. The average Bonchev–Trinajstić information content (AvgIpc) is 2.23. The smallest absolute Gasteiger partial charge is 0.303 e. The van der Waals surface area contributed by atoms with Crippen molar-refractivity contribution in [2.24, 2.45) is 0 Å². The average molecular weight is 250 g/mol. The summed E-state index contributed by atoms with van der Waals surface area (Å²) in [4.78, 5) is 11.1. The first-order chi connectivity index (χ1) is 8.39. The van der Waals surface area contributed by atoms with E-state index >= 15 is 0 Å². The van der Waals surface area contributed by atoms with Crippen molar-refractivity contribution in [3.8, 4) is 0 Å². The minimum absolute atomic E-state index is 0.239. The van der Waals surface area contributed by atoms with Gasteiger partial charge in [-0.05, 0) is 51.2 Å². The molecule has 0 spiro atoms. The Labute approximate surface area is 109 Å². The Balaban J connectivity index is 2.28. The van der Waals surface area contributed by atoms with Gasteiger partial charge in [0.05, 0.1) is 5.60 Å². The molecule has 0 bridgehead atoms. The van der Waals surface area contributed by atoms with Gasteiger partial charge >= 0.3 is 5.97 Å². The van der Waals surface area contributed by atoms with Gasteiger partial charge in [0.2, 0.25) is 0 Å². The monoisotopic (exact) mass is 250 g/mol. The Morgan fingerprint density at radius 1 is 1.33 bits per heavy atom. The van der Waals surface area contributed by atoms with Crippen molar-refractivity contribution in [1.29, 1.82) is 0 Å². The standard InChI is InChI=1S/C15H22O3/c1-10(16)18-13-9-12(15(2,3)17)14(13)11-7-5-4-6-8-11/h9,13,17H,4-8H2,1-3H3. The molecule has 0 heterocycles. The predicted molar refractivity (Wildman–Crippen MR) is 70.0 cm³/mol. The summed E-state index contributed by atoms with van der Waals surface area (Å²) in [6, 6.07) is 0. The zero-order valence-electron chi connectivity index (χ0n) is 11.5. The van der Waals surface area contributed by atoms with E-state index in [0.717, 1.165) is 24.0 Å². The second-order valence-electron chi connectivity index (χ2n) is 5.75. The zero-order valence-corrected chi connectivity index (χ0v) is 11.5. The number of rotatable bonds is 2. The van der Waals surface area contributed by atoms with Crippen LogP contribution in [-0.2, 0) is 9.53 Å². The highest BCUT2D eigenvalue weighted by molar-refractivity contribution is 5.69. The minimum atomic E-state index is -0.851. The molecule has 2 rings (SSSR count). The molecule has 0 aromatic carbocycles. The Bertz CT molecular complexity index is 402. The highest BCUT2D eigenvalue weighted by Crippen LogP contribution is 2.42. The summed E-state index contributed by atoms with van der Waals surface area (Å²) in [6.07, 6.45) is 7.45. The van der Waals surface area contributed by atoms with Crippen LogP contribution >= 0.6 is 0 Å². The van der Waals surface area contributed by atoms with Crippen LogP contribution in [-0.4, -0.2) is 22.8 Å². The first-order valence-corrected chi connectivity index (χ1v) is 6.74. The van der Waals surface area contributed by atoms with Gasteiger partial charge in [0, 0.05) is 12.5 Å². The highest BCUT2D eigenvalue weighted by Gasteiger charge is 2.38. The number of hydrogen-bond acceptors (Lipinski definition) is 3. The van der Waals surface area contributed by atoms with Gasteiger partial charge in [-0.1, -0.05) is 12.0 Å². The summed E-state index contributed by atoms with van der Waals surface area (Å²) < 4.78 is 5.29. The molecule has 1 atom stereocenters. The van der Waals surface area contributed by atoms with E-state index in [1.165, 1.54) is 31.8 Å². The summed E-state index contributed by atoms with van der Waals surface area (Å²) in [5.74, 6) is -0.264. The van der Waals surface area contributed by atoms with Gasteiger partial charge in [0.15, 0.2) is 0 Å². The molecule has 18 heavy (non-hydrogen) atoms. The summed E-state index contributed by atoms with van der Waals surface area (Å²) in [5, 5.41) is 10.1. The fourth-order valence-corrected chi connectivity index (χ4v) is 2.83. The van der Waals surface area contributed by atoms with Gasteiger partial charge < -0.3 is 9.84 Å². The number of ether oxygens (including phenoxy) is 1. The number of hydrogen-bond donors (Lipinski definition) is 1. The molecule has 100 valence electrons. The van der Waals surface area contributed by atoms with Crippen molar-refractivity contribution < 1.29 is 14.6 Å². The van der Waals surface area contributed by atoms with Crippen LogP contribution in [0.4, 0.5) is 0 Å². The Hall–Kier alpha value is -1.09. The van der Waals surface area contributed by atoms with Crippen molar-refractivity contribution in [2.75, 3.05) is 0 Å². The number of carbonyl (C=O) groups excluding carboxylic acids is 1. The quantitative estimate of drug-likeness (QED) is 0.766. The second kappa shape index (κ2) is 4.88. The predicted octanol–water partition coefficient (Wildman–Crippen LogP) is 2.89. The number of carbonyl (C=O) groups is 1. The van der Waals surface area contributed by atoms with E-state index in [-0.39, 0.29) is 12.1 Å². The Morgan fingerprint density at radius 2 is 1.94 bits per heavy atom. The molecule has 0 aromatic rings. The number of allylic oxidation sites excluding steroid dienone is 1. The summed E-state index contributed by atoms with van der Waals surface area (Å²) in [6.45, 7) is 5.00. The van der Waals surface area contributed by atoms with E-state index in [0.29, 0.717) is 0 Å². The Kier molecular flexibility index (Phi) is 3.62. The molecule has 1 unspecified atom stereocenters. The third-order valence-corrected chi connectivity index (χ3v) is 3.68. The highest BCUT2D eigenvalue weighted by atomic mass is 16.5. The van der Waals surface area contributed by atoms with Gasteiger partial charge in [-0.15, -0.1) is 0 Å². The molecule has 0 aromatic heterocycles. The summed E-state index contributed by atoms with van der Waals surface area (Å²) >= 11 is 0. The third-order valence-electron chi connectivity index (χ3n) is 3.68. The lowest BCUT2D eigenvalue weighted by atomic mass is 9.73. The van der Waals surface area contributed by atoms with E-state index < -0.39 is 5.60 Å². The van der Waals surface area contributed by atoms with Gasteiger partial charge in [-0.25, -0.2) is 0 Å². The maximum absolute atomic E-state index is 11.1. The largest absolute Gasteiger partial charge is 0.453 e. The lowest BCUT2D eigenvalue weighted by Crippen LogP contribution is -2.37. The van der Waals surface area contributed by atoms with Crippen LogP contribution in [0.1, 0.15) is 52.9 Å². The first kappa shape index (κ1) is 13.3. The van der Waals surface area contributed by atoms with Gasteiger partial charge in [0.1, 0.15) is 6.10 Å². The van der Waals surface area contributed by atoms with Crippen LogP contribution < -0.4 is 0 Å². The van der Waals surface area contributed by atoms with E-state index in [4.69, 9.17) is 4.74 Å². The molecule has 2 aliphatic carbocycles. The molecule has 1 fully saturated rings. The van der Waals surface area contributed by atoms with E-state index in [2.05, 4.69) is 0 Å². The van der Waals surface area contributed by atoms with Gasteiger partial charge in [-0.3, -0.25) is 4.79 Å². The van der Waals surface area contributed by atoms with Crippen LogP contribution in [0.15, 0.2) is 22.8 Å². The molecular weight excluding hydrogens is 228 g/mol. The van der Waals surface area contributed by atoms with E-state index in [1.54, 1.807) is 13.8 Å². The molecule has 3 nitrogen and oxygen atoms in total. The lowest BCUT2D eigenvalue weighted by Gasteiger charge is -2.38. The topological polar surface area (TPSA) is 46.5 Å². The van der Waals surface area contributed by atoms with Crippen LogP contribution in [0.3, 0.4) is 0 Å². The normalized spacial score (nSPS) is 24.4. The molecule has 3 heteroatoms. The van der Waals surface area contributed by atoms with Crippen molar-refractivity contribution in [3.63, 3.8) is 0 Å². The third kappa shape index (κ3) is 2.66. The van der Waals surface area contributed by atoms with Crippen molar-refractivity contribution >= 4 is 5.97 Å². The number of aliphatic hydroxyl groups is 1. The zero-order chi connectivity index (χ0) is 13.3. The maximum atomic E-state index is 11.1. The minimum Gasteiger partial charge on any atom is -0.453 e. The van der Waals surface area contributed by atoms with Crippen LogP contribution in [0.2, 0.25) is 0 Å². The molecule has 0 amide bonds.